The van der Waals surface area contributed by atoms with Gasteiger partial charge in [-0.3, -0.25) is 0 Å². The fourth-order valence-electron chi connectivity index (χ4n) is 7.40. The summed E-state index contributed by atoms with van der Waals surface area (Å²) in [6.45, 7) is 22.9. The van der Waals surface area contributed by atoms with Gasteiger partial charge in [0.2, 0.25) is 0 Å². The molecule has 44 heavy (non-hydrogen) atoms. The molecule has 0 aliphatic carbocycles. The molecule has 0 saturated carbocycles. The van der Waals surface area contributed by atoms with Crippen molar-refractivity contribution in [2.45, 2.75) is 80.1 Å². The van der Waals surface area contributed by atoms with Gasteiger partial charge in [0.25, 0.3) is 0 Å². The van der Waals surface area contributed by atoms with Crippen molar-refractivity contribution in [3.63, 3.8) is 0 Å². The van der Waals surface area contributed by atoms with Crippen molar-refractivity contribution >= 4 is 43.6 Å². The third-order valence-corrected chi connectivity index (χ3v) is 9.63. The van der Waals surface area contributed by atoms with Crippen molar-refractivity contribution in [3.05, 3.63) is 118 Å². The zero-order valence-corrected chi connectivity index (χ0v) is 28.0. The smallest absolute Gasteiger partial charge is 0.0549 e. The van der Waals surface area contributed by atoms with E-state index in [9.17, 15) is 0 Å². The van der Waals surface area contributed by atoms with Crippen molar-refractivity contribution < 1.29 is 0 Å². The predicted octanol–water partition coefficient (Wildman–Crippen LogP) is 11.7. The average molecular weight is 577 g/mol. The van der Waals surface area contributed by atoms with E-state index in [-0.39, 0.29) is 10.8 Å². The second kappa shape index (κ2) is 9.60. The fourth-order valence-corrected chi connectivity index (χ4v) is 7.40. The molecule has 0 N–H and O–H groups in total. The normalized spacial score (nSPS) is 12.8. The van der Waals surface area contributed by atoms with Crippen molar-refractivity contribution in [1.29, 1.82) is 0 Å². The molecule has 222 valence electrons. The molecule has 0 spiro atoms. The minimum absolute atomic E-state index is 0.101. The van der Waals surface area contributed by atoms with Gasteiger partial charge in [0.15, 0.2) is 0 Å². The SMILES string of the molecule is Cc1cc(C(C)(C)C)cc(C)c1-n1c2ccccc2c2cc3c(cc21)c1ccccc1n3-c1c(C)cc(C(C)(C)C)cc1C. The van der Waals surface area contributed by atoms with E-state index in [2.05, 4.69) is 163 Å². The number of fused-ring (bicyclic) bond motifs is 6. The summed E-state index contributed by atoms with van der Waals surface area (Å²) >= 11 is 0. The van der Waals surface area contributed by atoms with E-state index < -0.39 is 0 Å². The van der Waals surface area contributed by atoms with E-state index in [1.165, 1.54) is 88.4 Å². The standard InChI is InChI=1S/C42H44N2/c1-25-19-29(41(5,6)7)20-26(2)39(25)43-35-17-13-11-15-31(35)33-24-38-34(23-37(33)43)32-16-12-14-18-36(32)44(38)40-27(3)21-30(22-28(40)4)42(8,9)10/h11-24H,1-10H3. The monoisotopic (exact) mass is 576 g/mol. The summed E-state index contributed by atoms with van der Waals surface area (Å²) in [5.74, 6) is 0. The number of aryl methyl sites for hydroxylation is 4. The van der Waals surface area contributed by atoms with Crippen LogP contribution in [0.3, 0.4) is 0 Å². The quantitative estimate of drug-likeness (QED) is 0.194. The molecule has 0 bridgehead atoms. The second-order valence-electron chi connectivity index (χ2n) is 15.0. The zero-order chi connectivity index (χ0) is 31.3. The van der Waals surface area contributed by atoms with Gasteiger partial charge >= 0.3 is 0 Å². The van der Waals surface area contributed by atoms with E-state index >= 15 is 0 Å². The Labute approximate surface area is 261 Å². The first kappa shape index (κ1) is 28.5. The van der Waals surface area contributed by atoms with Gasteiger partial charge < -0.3 is 9.13 Å². The van der Waals surface area contributed by atoms with Crippen LogP contribution in [0.25, 0.3) is 55.0 Å². The number of aromatic nitrogens is 2. The Morgan fingerprint density at radius 3 is 1.02 bits per heavy atom. The van der Waals surface area contributed by atoms with Gasteiger partial charge in [0.05, 0.1) is 33.4 Å². The Hall–Kier alpha value is -4.30. The highest BCUT2D eigenvalue weighted by molar-refractivity contribution is 6.19. The molecule has 0 amide bonds. The molecule has 0 aliphatic heterocycles. The lowest BCUT2D eigenvalue weighted by Crippen LogP contribution is -2.13. The number of rotatable bonds is 2. The van der Waals surface area contributed by atoms with Crippen LogP contribution in [0, 0.1) is 27.7 Å². The molecule has 7 rings (SSSR count). The van der Waals surface area contributed by atoms with E-state index in [4.69, 9.17) is 0 Å². The molecule has 2 heteroatoms. The highest BCUT2D eigenvalue weighted by Crippen LogP contribution is 2.42. The number of benzene rings is 5. The van der Waals surface area contributed by atoms with Gasteiger partial charge in [-0.25, -0.2) is 0 Å². The fraction of sp³-hybridized carbons (Fsp3) is 0.286. The van der Waals surface area contributed by atoms with Crippen LogP contribution in [0.2, 0.25) is 0 Å². The van der Waals surface area contributed by atoms with Gasteiger partial charge in [0, 0.05) is 21.5 Å². The van der Waals surface area contributed by atoms with E-state index in [0.717, 1.165) is 0 Å². The minimum atomic E-state index is 0.101. The molecule has 0 unspecified atom stereocenters. The average Bonchev–Trinajstić information content (AvgIpc) is 3.43. The first-order chi connectivity index (χ1) is 20.8. The number of hydrogen-bond acceptors (Lipinski definition) is 0. The third-order valence-electron chi connectivity index (χ3n) is 9.63. The zero-order valence-electron chi connectivity index (χ0n) is 28.0. The predicted molar refractivity (Wildman–Crippen MR) is 191 cm³/mol. The Kier molecular flexibility index (Phi) is 6.21. The van der Waals surface area contributed by atoms with Crippen molar-refractivity contribution in [2.24, 2.45) is 0 Å². The van der Waals surface area contributed by atoms with Gasteiger partial charge in [-0.05, 0) is 96.2 Å². The lowest BCUT2D eigenvalue weighted by atomic mass is 9.84. The summed E-state index contributed by atoms with van der Waals surface area (Å²) < 4.78 is 5.03. The molecule has 0 saturated heterocycles. The maximum atomic E-state index is 2.52. The van der Waals surface area contributed by atoms with Crippen LogP contribution in [0.15, 0.2) is 84.9 Å². The molecule has 5 aromatic carbocycles. The molecule has 0 aliphatic rings. The molecule has 0 fully saturated rings. The highest BCUT2D eigenvalue weighted by Gasteiger charge is 2.23. The molecule has 0 atom stereocenters. The lowest BCUT2D eigenvalue weighted by molar-refractivity contribution is 0.588. The Morgan fingerprint density at radius 1 is 0.386 bits per heavy atom. The van der Waals surface area contributed by atoms with E-state index in [1.807, 2.05) is 0 Å². The number of para-hydroxylation sites is 2. The van der Waals surface area contributed by atoms with Crippen molar-refractivity contribution in [3.8, 4) is 11.4 Å². The number of nitrogens with zero attached hydrogens (tertiary/aromatic N) is 2. The molecule has 0 radical (unpaired) electrons. The Morgan fingerprint density at radius 2 is 0.705 bits per heavy atom. The highest BCUT2D eigenvalue weighted by atomic mass is 15.0. The van der Waals surface area contributed by atoms with E-state index in [1.54, 1.807) is 0 Å². The minimum Gasteiger partial charge on any atom is -0.309 e. The maximum absolute atomic E-state index is 2.52. The molecule has 2 aromatic heterocycles. The van der Waals surface area contributed by atoms with Crippen LogP contribution < -0.4 is 0 Å². The molecular weight excluding hydrogens is 532 g/mol. The summed E-state index contributed by atoms with van der Waals surface area (Å²) in [5.41, 5.74) is 15.8. The van der Waals surface area contributed by atoms with Crippen LogP contribution in [-0.4, -0.2) is 9.13 Å². The summed E-state index contributed by atoms with van der Waals surface area (Å²) in [6.07, 6.45) is 0. The van der Waals surface area contributed by atoms with E-state index in [0.29, 0.717) is 0 Å². The summed E-state index contributed by atoms with van der Waals surface area (Å²) in [5, 5.41) is 5.16. The van der Waals surface area contributed by atoms with Crippen LogP contribution in [0.5, 0.6) is 0 Å². The molecular formula is C42H44N2. The lowest BCUT2D eigenvalue weighted by Gasteiger charge is -2.23. The van der Waals surface area contributed by atoms with Crippen LogP contribution >= 0.6 is 0 Å². The van der Waals surface area contributed by atoms with Gasteiger partial charge in [-0.15, -0.1) is 0 Å². The number of hydrogen-bond donors (Lipinski definition) is 0. The van der Waals surface area contributed by atoms with Gasteiger partial charge in [-0.2, -0.15) is 0 Å². The largest absolute Gasteiger partial charge is 0.309 e. The Bertz CT molecular complexity index is 2060. The van der Waals surface area contributed by atoms with Crippen LogP contribution in [0.4, 0.5) is 0 Å². The second-order valence-corrected chi connectivity index (χ2v) is 15.0. The van der Waals surface area contributed by atoms with Crippen LogP contribution in [0.1, 0.15) is 74.9 Å². The maximum Gasteiger partial charge on any atom is 0.0549 e. The first-order valence-electron chi connectivity index (χ1n) is 16.0. The van der Waals surface area contributed by atoms with Crippen molar-refractivity contribution in [1.82, 2.24) is 9.13 Å². The first-order valence-corrected chi connectivity index (χ1v) is 16.0. The third kappa shape index (κ3) is 4.22. The molecule has 7 aromatic rings. The molecule has 2 nitrogen and oxygen atoms in total. The molecule has 2 heterocycles. The van der Waals surface area contributed by atoms with Gasteiger partial charge in [0.1, 0.15) is 0 Å². The van der Waals surface area contributed by atoms with Gasteiger partial charge in [-0.1, -0.05) is 102 Å². The topological polar surface area (TPSA) is 9.86 Å². The van der Waals surface area contributed by atoms with Crippen molar-refractivity contribution in [2.75, 3.05) is 0 Å². The Balaban J connectivity index is 1.61. The summed E-state index contributed by atoms with van der Waals surface area (Å²) in [4.78, 5) is 0. The van der Waals surface area contributed by atoms with Crippen LogP contribution in [-0.2, 0) is 10.8 Å². The summed E-state index contributed by atoms with van der Waals surface area (Å²) in [6, 6.07) is 32.3. The summed E-state index contributed by atoms with van der Waals surface area (Å²) in [7, 11) is 0.